The van der Waals surface area contributed by atoms with Gasteiger partial charge in [0.2, 0.25) is 0 Å². The van der Waals surface area contributed by atoms with Gasteiger partial charge < -0.3 is 14.9 Å². The number of aliphatic hydroxyl groups is 1. The van der Waals surface area contributed by atoms with E-state index in [2.05, 4.69) is 20.4 Å². The van der Waals surface area contributed by atoms with Gasteiger partial charge in [-0.3, -0.25) is 0 Å². The Bertz CT molecular complexity index is 785. The summed E-state index contributed by atoms with van der Waals surface area (Å²) >= 11 is 0. The van der Waals surface area contributed by atoms with Crippen molar-refractivity contribution in [3.05, 3.63) is 59.8 Å². The van der Waals surface area contributed by atoms with Gasteiger partial charge >= 0.3 is 0 Å². The van der Waals surface area contributed by atoms with E-state index in [0.717, 1.165) is 5.56 Å². The number of nitrogens with one attached hydrogen (secondary N) is 1. The highest BCUT2D eigenvalue weighted by atomic mass is 19.1. The van der Waals surface area contributed by atoms with Crippen molar-refractivity contribution < 1.29 is 14.0 Å². The molecule has 0 fully saturated rings. The number of rotatable bonds is 6. The Balaban J connectivity index is 1.67. The number of aromatic nitrogens is 3. The second-order valence-corrected chi connectivity index (χ2v) is 5.48. The third-order valence-corrected chi connectivity index (χ3v) is 3.33. The highest BCUT2D eigenvalue weighted by Crippen LogP contribution is 2.18. The quantitative estimate of drug-likeness (QED) is 0.724. The van der Waals surface area contributed by atoms with Crippen molar-refractivity contribution >= 4 is 5.82 Å². The number of pyridine rings is 1. The summed E-state index contributed by atoms with van der Waals surface area (Å²) in [6, 6.07) is 9.78. The second-order valence-electron chi connectivity index (χ2n) is 5.48. The highest BCUT2D eigenvalue weighted by Gasteiger charge is 2.10. The Morgan fingerprint density at radius 3 is 2.67 bits per heavy atom. The molecular weight excluding hydrogens is 311 g/mol. The van der Waals surface area contributed by atoms with E-state index in [1.165, 1.54) is 12.1 Å². The smallest absolute Gasteiger partial charge is 0.259 e. The summed E-state index contributed by atoms with van der Waals surface area (Å²) in [5.74, 6) is 1.28. The number of benzene rings is 1. The topological polar surface area (TPSA) is 84.1 Å². The molecule has 0 unspecified atom stereocenters. The van der Waals surface area contributed by atoms with Crippen molar-refractivity contribution in [3.63, 3.8) is 0 Å². The van der Waals surface area contributed by atoms with Gasteiger partial charge in [0, 0.05) is 19.2 Å². The summed E-state index contributed by atoms with van der Waals surface area (Å²) in [5.41, 5.74) is 1.61. The zero-order valence-corrected chi connectivity index (χ0v) is 13.1. The van der Waals surface area contributed by atoms with Gasteiger partial charge in [-0.2, -0.15) is 4.98 Å². The summed E-state index contributed by atoms with van der Waals surface area (Å²) in [6.45, 7) is 2.12. The van der Waals surface area contributed by atoms with E-state index in [1.807, 2.05) is 6.07 Å². The minimum absolute atomic E-state index is 0.275. The number of nitrogens with zero attached hydrogens (tertiary/aromatic N) is 3. The molecule has 24 heavy (non-hydrogen) atoms. The summed E-state index contributed by atoms with van der Waals surface area (Å²) in [4.78, 5) is 8.57. The van der Waals surface area contributed by atoms with Crippen LogP contribution >= 0.6 is 0 Å². The molecule has 0 aliphatic carbocycles. The van der Waals surface area contributed by atoms with Crippen molar-refractivity contribution in [1.82, 2.24) is 15.1 Å². The molecule has 124 valence electrons. The molecule has 1 atom stereocenters. The van der Waals surface area contributed by atoms with Crippen LogP contribution in [0.2, 0.25) is 0 Å². The molecule has 2 aromatic heterocycles. The van der Waals surface area contributed by atoms with Crippen molar-refractivity contribution in [3.8, 4) is 11.5 Å². The van der Waals surface area contributed by atoms with Gasteiger partial charge in [0.1, 0.15) is 11.6 Å². The predicted molar refractivity (Wildman–Crippen MR) is 86.9 cm³/mol. The SMILES string of the molecule is C[C@H](O)CNc1ccc(-c2nc(Cc3ccc(F)cc3)no2)cn1. The van der Waals surface area contributed by atoms with E-state index in [4.69, 9.17) is 4.52 Å². The van der Waals surface area contributed by atoms with Gasteiger partial charge in [-0.15, -0.1) is 0 Å². The first kappa shape index (κ1) is 16.1. The molecule has 0 spiro atoms. The number of hydrogen-bond acceptors (Lipinski definition) is 6. The highest BCUT2D eigenvalue weighted by molar-refractivity contribution is 5.54. The molecule has 6 nitrogen and oxygen atoms in total. The molecule has 7 heteroatoms. The lowest BCUT2D eigenvalue weighted by atomic mass is 10.1. The molecule has 0 aliphatic heterocycles. The summed E-state index contributed by atoms with van der Waals surface area (Å²) in [6.07, 6.45) is 1.64. The largest absolute Gasteiger partial charge is 0.392 e. The molecule has 0 bridgehead atoms. The zero-order chi connectivity index (χ0) is 16.9. The second kappa shape index (κ2) is 7.18. The maximum atomic E-state index is 12.9. The minimum Gasteiger partial charge on any atom is -0.392 e. The van der Waals surface area contributed by atoms with Gasteiger partial charge in [0.15, 0.2) is 5.82 Å². The van der Waals surface area contributed by atoms with E-state index in [9.17, 15) is 9.50 Å². The van der Waals surface area contributed by atoms with Gasteiger partial charge in [-0.25, -0.2) is 9.37 Å². The van der Waals surface area contributed by atoms with Gasteiger partial charge in [-0.05, 0) is 36.8 Å². The monoisotopic (exact) mass is 328 g/mol. The normalized spacial score (nSPS) is 12.1. The van der Waals surface area contributed by atoms with E-state index < -0.39 is 6.10 Å². The van der Waals surface area contributed by atoms with E-state index in [-0.39, 0.29) is 5.82 Å². The summed E-state index contributed by atoms with van der Waals surface area (Å²) in [7, 11) is 0. The molecular formula is C17H17FN4O2. The average molecular weight is 328 g/mol. The third kappa shape index (κ3) is 4.14. The van der Waals surface area contributed by atoms with Gasteiger partial charge in [0.25, 0.3) is 5.89 Å². The fourth-order valence-corrected chi connectivity index (χ4v) is 2.11. The molecule has 3 rings (SSSR count). The lowest BCUT2D eigenvalue weighted by Crippen LogP contribution is -2.15. The maximum absolute atomic E-state index is 12.9. The van der Waals surface area contributed by atoms with Crippen molar-refractivity contribution in [2.24, 2.45) is 0 Å². The summed E-state index contributed by atoms with van der Waals surface area (Å²) < 4.78 is 18.2. The predicted octanol–water partition coefficient (Wildman–Crippen LogP) is 2.65. The Morgan fingerprint density at radius 2 is 2.00 bits per heavy atom. The lowest BCUT2D eigenvalue weighted by Gasteiger charge is -2.07. The standard InChI is InChI=1S/C17H17FN4O2/c1-11(23)9-19-15-7-4-13(10-20-15)17-21-16(22-24-17)8-12-2-5-14(18)6-3-12/h2-7,10-11,23H,8-9H2,1H3,(H,19,20)/t11-/m0/s1. The Morgan fingerprint density at radius 1 is 1.21 bits per heavy atom. The van der Waals surface area contributed by atoms with E-state index >= 15 is 0 Å². The lowest BCUT2D eigenvalue weighted by molar-refractivity contribution is 0.208. The van der Waals surface area contributed by atoms with Gasteiger partial charge in [0.05, 0.1) is 11.7 Å². The van der Waals surface area contributed by atoms with Crippen LogP contribution in [0.3, 0.4) is 0 Å². The minimum atomic E-state index is -0.448. The van der Waals surface area contributed by atoms with Crippen LogP contribution in [0.15, 0.2) is 47.1 Å². The molecule has 0 aliphatic rings. The fraction of sp³-hybridized carbons (Fsp3) is 0.235. The Labute approximate surface area is 138 Å². The average Bonchev–Trinajstić information content (AvgIpc) is 3.04. The van der Waals surface area contributed by atoms with Crippen LogP contribution in [0.25, 0.3) is 11.5 Å². The van der Waals surface area contributed by atoms with Crippen molar-refractivity contribution in [2.45, 2.75) is 19.4 Å². The van der Waals surface area contributed by atoms with Crippen LogP contribution in [0.1, 0.15) is 18.3 Å². The third-order valence-electron chi connectivity index (χ3n) is 3.33. The maximum Gasteiger partial charge on any atom is 0.259 e. The molecule has 0 saturated heterocycles. The molecule has 3 aromatic rings. The Hall–Kier alpha value is -2.80. The van der Waals surface area contributed by atoms with Crippen LogP contribution in [0.5, 0.6) is 0 Å². The molecule has 2 heterocycles. The number of anilines is 1. The first-order valence-corrected chi connectivity index (χ1v) is 7.55. The van der Waals surface area contributed by atoms with Crippen LogP contribution < -0.4 is 5.32 Å². The van der Waals surface area contributed by atoms with Crippen molar-refractivity contribution in [2.75, 3.05) is 11.9 Å². The fourth-order valence-electron chi connectivity index (χ4n) is 2.11. The van der Waals surface area contributed by atoms with Crippen LogP contribution in [0.4, 0.5) is 10.2 Å². The van der Waals surface area contributed by atoms with Crippen LogP contribution in [-0.4, -0.2) is 32.9 Å². The van der Waals surface area contributed by atoms with E-state index in [0.29, 0.717) is 36.1 Å². The zero-order valence-electron chi connectivity index (χ0n) is 13.1. The molecule has 2 N–H and O–H groups in total. The molecule has 0 amide bonds. The molecule has 0 radical (unpaired) electrons. The molecule has 1 aromatic carbocycles. The Kier molecular flexibility index (Phi) is 4.81. The van der Waals surface area contributed by atoms with E-state index in [1.54, 1.807) is 31.3 Å². The molecule has 0 saturated carbocycles. The van der Waals surface area contributed by atoms with Crippen molar-refractivity contribution in [1.29, 1.82) is 0 Å². The van der Waals surface area contributed by atoms with Crippen LogP contribution in [0, 0.1) is 5.82 Å². The number of aliphatic hydroxyl groups excluding tert-OH is 1. The van der Waals surface area contributed by atoms with Gasteiger partial charge in [-0.1, -0.05) is 17.3 Å². The van der Waals surface area contributed by atoms with Crippen LogP contribution in [-0.2, 0) is 6.42 Å². The number of hydrogen-bond donors (Lipinski definition) is 2. The first-order valence-electron chi connectivity index (χ1n) is 7.55. The first-order chi connectivity index (χ1) is 11.6. The number of halogens is 1. The summed E-state index contributed by atoms with van der Waals surface area (Å²) in [5, 5.41) is 16.2.